The van der Waals surface area contributed by atoms with E-state index in [4.69, 9.17) is 0 Å². The Morgan fingerprint density at radius 1 is 0.850 bits per heavy atom. The molecule has 0 amide bonds. The zero-order chi connectivity index (χ0) is 14.6. The standard InChI is InChI=1S/C16H15F3S/c1-20-15-8-6-14(7-9-15)13-4-2-12(3-5-13)10-11-16(17,18)19/h2-9H,10-11H2,1H3. The Morgan fingerprint density at radius 2 is 1.35 bits per heavy atom. The summed E-state index contributed by atoms with van der Waals surface area (Å²) in [6.45, 7) is 0. The summed E-state index contributed by atoms with van der Waals surface area (Å²) in [7, 11) is 0. The van der Waals surface area contributed by atoms with Crippen molar-refractivity contribution in [3.63, 3.8) is 0 Å². The van der Waals surface area contributed by atoms with Gasteiger partial charge in [0, 0.05) is 11.3 Å². The minimum Gasteiger partial charge on any atom is -0.171 e. The van der Waals surface area contributed by atoms with E-state index in [-0.39, 0.29) is 6.42 Å². The van der Waals surface area contributed by atoms with E-state index in [1.54, 1.807) is 23.9 Å². The molecule has 0 bridgehead atoms. The molecule has 2 rings (SSSR count). The Labute approximate surface area is 121 Å². The molecular formula is C16H15F3S. The minimum absolute atomic E-state index is 0.0369. The Bertz CT molecular complexity index is 541. The first-order valence-electron chi connectivity index (χ1n) is 6.28. The van der Waals surface area contributed by atoms with Crippen molar-refractivity contribution in [2.75, 3.05) is 6.26 Å². The Kier molecular flexibility index (Phi) is 4.76. The van der Waals surface area contributed by atoms with Gasteiger partial charge in [0.2, 0.25) is 0 Å². The average molecular weight is 296 g/mol. The second kappa shape index (κ2) is 6.35. The van der Waals surface area contributed by atoms with Gasteiger partial charge in [0.05, 0.1) is 0 Å². The molecule has 0 radical (unpaired) electrons. The second-order valence-corrected chi connectivity index (χ2v) is 5.42. The number of rotatable bonds is 4. The molecule has 0 atom stereocenters. The lowest BCUT2D eigenvalue weighted by Gasteiger charge is -2.07. The highest BCUT2D eigenvalue weighted by atomic mass is 32.2. The summed E-state index contributed by atoms with van der Waals surface area (Å²) in [5.41, 5.74) is 2.81. The van der Waals surface area contributed by atoms with Gasteiger partial charge in [0.25, 0.3) is 0 Å². The molecule has 4 heteroatoms. The molecule has 0 saturated heterocycles. The van der Waals surface area contributed by atoms with Gasteiger partial charge >= 0.3 is 6.18 Å². The number of hydrogen-bond donors (Lipinski definition) is 0. The minimum atomic E-state index is -4.09. The molecule has 20 heavy (non-hydrogen) atoms. The predicted molar refractivity (Wildman–Crippen MR) is 78.0 cm³/mol. The third-order valence-corrected chi connectivity index (χ3v) is 3.82. The topological polar surface area (TPSA) is 0 Å². The third-order valence-electron chi connectivity index (χ3n) is 3.07. The van der Waals surface area contributed by atoms with Gasteiger partial charge in [-0.15, -0.1) is 11.8 Å². The molecule has 0 aliphatic heterocycles. The Morgan fingerprint density at radius 3 is 1.80 bits per heavy atom. The van der Waals surface area contributed by atoms with E-state index in [0.717, 1.165) is 11.1 Å². The molecule has 0 nitrogen and oxygen atoms in total. The van der Waals surface area contributed by atoms with Crippen molar-refractivity contribution < 1.29 is 13.2 Å². The summed E-state index contributed by atoms with van der Waals surface area (Å²) in [5.74, 6) is 0. The van der Waals surface area contributed by atoms with Gasteiger partial charge in [-0.05, 0) is 41.5 Å². The van der Waals surface area contributed by atoms with Gasteiger partial charge in [0.15, 0.2) is 0 Å². The summed E-state index contributed by atoms with van der Waals surface area (Å²) in [5, 5.41) is 0. The number of alkyl halides is 3. The molecule has 2 aromatic carbocycles. The Balaban J connectivity index is 2.07. The van der Waals surface area contributed by atoms with Crippen molar-refractivity contribution in [2.24, 2.45) is 0 Å². The monoisotopic (exact) mass is 296 g/mol. The number of aryl methyl sites for hydroxylation is 1. The van der Waals surface area contributed by atoms with Gasteiger partial charge < -0.3 is 0 Å². The molecule has 0 aromatic heterocycles. The summed E-state index contributed by atoms with van der Waals surface area (Å²) in [6.07, 6.45) is -2.80. The molecule has 2 aromatic rings. The van der Waals surface area contributed by atoms with Crippen LogP contribution in [0.2, 0.25) is 0 Å². The lowest BCUT2D eigenvalue weighted by Crippen LogP contribution is -2.08. The van der Waals surface area contributed by atoms with Crippen molar-refractivity contribution in [3.05, 3.63) is 54.1 Å². The Hall–Kier alpha value is -1.42. The van der Waals surface area contributed by atoms with E-state index in [1.807, 2.05) is 42.7 Å². The second-order valence-electron chi connectivity index (χ2n) is 4.54. The highest BCUT2D eigenvalue weighted by Crippen LogP contribution is 2.25. The maximum absolute atomic E-state index is 12.2. The fourth-order valence-electron chi connectivity index (χ4n) is 1.93. The van der Waals surface area contributed by atoms with Crippen LogP contribution in [-0.4, -0.2) is 12.4 Å². The molecule has 0 unspecified atom stereocenters. The molecular weight excluding hydrogens is 281 g/mol. The van der Waals surface area contributed by atoms with Gasteiger partial charge in [-0.25, -0.2) is 0 Å². The van der Waals surface area contributed by atoms with Gasteiger partial charge in [-0.2, -0.15) is 13.2 Å². The van der Waals surface area contributed by atoms with Crippen LogP contribution in [0.25, 0.3) is 11.1 Å². The first-order valence-corrected chi connectivity index (χ1v) is 7.50. The number of hydrogen-bond acceptors (Lipinski definition) is 1. The van der Waals surface area contributed by atoms with E-state index in [9.17, 15) is 13.2 Å². The van der Waals surface area contributed by atoms with Crippen LogP contribution in [0.1, 0.15) is 12.0 Å². The summed E-state index contributed by atoms with van der Waals surface area (Å²) < 4.78 is 36.5. The fourth-order valence-corrected chi connectivity index (χ4v) is 2.34. The normalized spacial score (nSPS) is 11.6. The highest BCUT2D eigenvalue weighted by molar-refractivity contribution is 7.98. The molecule has 0 aliphatic rings. The molecule has 0 aliphatic carbocycles. The zero-order valence-corrected chi connectivity index (χ0v) is 11.9. The van der Waals surface area contributed by atoms with E-state index in [1.165, 1.54) is 4.90 Å². The largest absolute Gasteiger partial charge is 0.389 e. The molecule has 0 fully saturated rings. The first-order chi connectivity index (χ1) is 9.48. The maximum Gasteiger partial charge on any atom is 0.389 e. The van der Waals surface area contributed by atoms with Crippen LogP contribution in [0.4, 0.5) is 13.2 Å². The highest BCUT2D eigenvalue weighted by Gasteiger charge is 2.26. The van der Waals surface area contributed by atoms with Gasteiger partial charge in [-0.3, -0.25) is 0 Å². The zero-order valence-electron chi connectivity index (χ0n) is 11.1. The summed E-state index contributed by atoms with van der Waals surface area (Å²) in [6, 6.07) is 15.4. The fraction of sp³-hybridized carbons (Fsp3) is 0.250. The van der Waals surface area contributed by atoms with Crippen molar-refractivity contribution in [2.45, 2.75) is 23.9 Å². The average Bonchev–Trinajstić information content (AvgIpc) is 2.45. The van der Waals surface area contributed by atoms with Crippen molar-refractivity contribution in [3.8, 4) is 11.1 Å². The molecule has 106 valence electrons. The molecule has 0 N–H and O–H groups in total. The number of benzene rings is 2. The van der Waals surface area contributed by atoms with Crippen LogP contribution in [0, 0.1) is 0 Å². The van der Waals surface area contributed by atoms with Crippen molar-refractivity contribution in [1.29, 1.82) is 0 Å². The molecule has 0 heterocycles. The molecule has 0 spiro atoms. The van der Waals surface area contributed by atoms with Crippen molar-refractivity contribution in [1.82, 2.24) is 0 Å². The van der Waals surface area contributed by atoms with E-state index in [2.05, 4.69) is 0 Å². The van der Waals surface area contributed by atoms with Crippen LogP contribution in [0.5, 0.6) is 0 Å². The van der Waals surface area contributed by atoms with Crippen LogP contribution in [0.3, 0.4) is 0 Å². The maximum atomic E-state index is 12.2. The first kappa shape index (κ1) is 15.0. The predicted octanol–water partition coefficient (Wildman–Crippen LogP) is 5.57. The van der Waals surface area contributed by atoms with E-state index < -0.39 is 12.6 Å². The quantitative estimate of drug-likeness (QED) is 0.665. The SMILES string of the molecule is CSc1ccc(-c2ccc(CCC(F)(F)F)cc2)cc1. The van der Waals surface area contributed by atoms with Crippen LogP contribution in [-0.2, 0) is 6.42 Å². The van der Waals surface area contributed by atoms with Crippen molar-refractivity contribution >= 4 is 11.8 Å². The van der Waals surface area contributed by atoms with Gasteiger partial charge in [-0.1, -0.05) is 36.4 Å². The summed E-state index contributed by atoms with van der Waals surface area (Å²) >= 11 is 1.68. The number of halogens is 3. The van der Waals surface area contributed by atoms with E-state index >= 15 is 0 Å². The van der Waals surface area contributed by atoms with Crippen LogP contribution >= 0.6 is 11.8 Å². The van der Waals surface area contributed by atoms with Crippen LogP contribution in [0.15, 0.2) is 53.4 Å². The molecule has 0 saturated carbocycles. The lowest BCUT2D eigenvalue weighted by molar-refractivity contribution is -0.133. The van der Waals surface area contributed by atoms with Crippen LogP contribution < -0.4 is 0 Å². The third kappa shape index (κ3) is 4.30. The van der Waals surface area contributed by atoms with Gasteiger partial charge in [0.1, 0.15) is 0 Å². The van der Waals surface area contributed by atoms with E-state index in [0.29, 0.717) is 5.56 Å². The smallest absolute Gasteiger partial charge is 0.171 e. The number of thioether (sulfide) groups is 1. The summed E-state index contributed by atoms with van der Waals surface area (Å²) in [4.78, 5) is 1.19. The lowest BCUT2D eigenvalue weighted by atomic mass is 10.0.